The molecule has 0 aliphatic heterocycles. The van der Waals surface area contributed by atoms with Gasteiger partial charge in [-0.05, 0) is 49.7 Å². The summed E-state index contributed by atoms with van der Waals surface area (Å²) >= 11 is 0. The van der Waals surface area contributed by atoms with E-state index in [1.54, 1.807) is 0 Å². The summed E-state index contributed by atoms with van der Waals surface area (Å²) in [5.41, 5.74) is 3.36. The summed E-state index contributed by atoms with van der Waals surface area (Å²) in [4.78, 5) is 0. The normalized spacial score (nSPS) is 10.5. The summed E-state index contributed by atoms with van der Waals surface area (Å²) < 4.78 is 5.68. The van der Waals surface area contributed by atoms with Crippen molar-refractivity contribution in [1.29, 1.82) is 0 Å². The third-order valence-corrected chi connectivity index (χ3v) is 2.95. The molecule has 0 aliphatic rings. The third-order valence-electron chi connectivity index (χ3n) is 2.95. The number of nitrogens with one attached hydrogen (secondary N) is 1. The van der Waals surface area contributed by atoms with E-state index in [1.165, 1.54) is 11.1 Å². The van der Waals surface area contributed by atoms with Crippen molar-refractivity contribution in [3.8, 4) is 11.6 Å². The molecule has 0 unspecified atom stereocenters. The molecule has 0 aliphatic carbocycles. The maximum atomic E-state index is 5.68. The zero-order chi connectivity index (χ0) is 13.7. The smallest absolute Gasteiger partial charge is 0.238 e. The lowest BCUT2D eigenvalue weighted by Crippen LogP contribution is -2.13. The molecule has 0 radical (unpaired) electrons. The van der Waals surface area contributed by atoms with Crippen LogP contribution in [0.1, 0.15) is 23.7 Å². The number of rotatable bonds is 5. The first-order valence-electron chi connectivity index (χ1n) is 6.47. The van der Waals surface area contributed by atoms with Crippen molar-refractivity contribution >= 4 is 0 Å². The van der Waals surface area contributed by atoms with E-state index in [1.807, 2.05) is 30.3 Å². The van der Waals surface area contributed by atoms with E-state index in [0.29, 0.717) is 5.88 Å². The summed E-state index contributed by atoms with van der Waals surface area (Å²) in [5, 5.41) is 11.4. The zero-order valence-corrected chi connectivity index (χ0v) is 11.6. The monoisotopic (exact) mass is 257 g/mol. The Balaban J connectivity index is 2.04. The Morgan fingerprint density at radius 1 is 1.05 bits per heavy atom. The first-order valence-corrected chi connectivity index (χ1v) is 6.47. The second-order valence-electron chi connectivity index (χ2n) is 4.49. The molecule has 2 rings (SSSR count). The zero-order valence-electron chi connectivity index (χ0n) is 11.6. The van der Waals surface area contributed by atoms with Crippen molar-refractivity contribution in [2.75, 3.05) is 6.54 Å². The van der Waals surface area contributed by atoms with E-state index >= 15 is 0 Å². The molecule has 4 nitrogen and oxygen atoms in total. The Labute approximate surface area is 113 Å². The van der Waals surface area contributed by atoms with Gasteiger partial charge in [0.05, 0.1) is 5.69 Å². The highest BCUT2D eigenvalue weighted by Crippen LogP contribution is 2.21. The van der Waals surface area contributed by atoms with Crippen LogP contribution in [0.3, 0.4) is 0 Å². The van der Waals surface area contributed by atoms with Gasteiger partial charge in [-0.3, -0.25) is 0 Å². The third kappa shape index (κ3) is 3.76. The number of aryl methyl sites for hydroxylation is 2. The van der Waals surface area contributed by atoms with Crippen molar-refractivity contribution in [3.63, 3.8) is 0 Å². The predicted octanol–water partition coefficient (Wildman–Crippen LogP) is 3.00. The molecule has 1 N–H and O–H groups in total. The molecule has 1 aromatic carbocycles. The van der Waals surface area contributed by atoms with Gasteiger partial charge in [0.25, 0.3) is 0 Å². The topological polar surface area (TPSA) is 47.0 Å². The fraction of sp³-hybridized carbons (Fsp3) is 0.333. The van der Waals surface area contributed by atoms with Crippen molar-refractivity contribution < 1.29 is 4.74 Å². The van der Waals surface area contributed by atoms with Crippen LogP contribution in [0.2, 0.25) is 0 Å². The molecule has 0 saturated heterocycles. The second kappa shape index (κ2) is 6.29. The molecule has 19 heavy (non-hydrogen) atoms. The first-order chi connectivity index (χ1) is 9.19. The molecule has 0 atom stereocenters. The van der Waals surface area contributed by atoms with Crippen LogP contribution < -0.4 is 10.1 Å². The van der Waals surface area contributed by atoms with Gasteiger partial charge in [0.2, 0.25) is 5.88 Å². The largest absolute Gasteiger partial charge is 0.438 e. The number of hydrogen-bond donors (Lipinski definition) is 1. The summed E-state index contributed by atoms with van der Waals surface area (Å²) in [5.74, 6) is 1.31. The van der Waals surface area contributed by atoms with Gasteiger partial charge in [0, 0.05) is 12.6 Å². The molecule has 100 valence electrons. The number of hydrogen-bond acceptors (Lipinski definition) is 4. The molecular formula is C15H19N3O. The Morgan fingerprint density at radius 3 is 2.53 bits per heavy atom. The first kappa shape index (κ1) is 13.5. The van der Waals surface area contributed by atoms with Crippen molar-refractivity contribution in [2.24, 2.45) is 0 Å². The number of benzene rings is 1. The Hall–Kier alpha value is -1.94. The van der Waals surface area contributed by atoms with E-state index < -0.39 is 0 Å². The summed E-state index contributed by atoms with van der Waals surface area (Å²) in [6.45, 7) is 7.85. The van der Waals surface area contributed by atoms with Crippen LogP contribution in [-0.4, -0.2) is 16.7 Å². The lowest BCUT2D eigenvalue weighted by Gasteiger charge is -2.07. The van der Waals surface area contributed by atoms with Gasteiger partial charge in [0.15, 0.2) is 0 Å². The van der Waals surface area contributed by atoms with Gasteiger partial charge in [0.1, 0.15) is 5.75 Å². The molecule has 4 heteroatoms. The molecule has 0 spiro atoms. The van der Waals surface area contributed by atoms with Crippen LogP contribution in [0.4, 0.5) is 0 Å². The number of ether oxygens (including phenoxy) is 1. The van der Waals surface area contributed by atoms with Gasteiger partial charge in [-0.1, -0.05) is 13.0 Å². The minimum absolute atomic E-state index is 0.517. The van der Waals surface area contributed by atoms with Gasteiger partial charge in [-0.15, -0.1) is 5.10 Å². The van der Waals surface area contributed by atoms with Gasteiger partial charge >= 0.3 is 0 Å². The molecule has 2 aromatic rings. The van der Waals surface area contributed by atoms with Crippen LogP contribution in [0.25, 0.3) is 0 Å². The van der Waals surface area contributed by atoms with E-state index in [4.69, 9.17) is 4.74 Å². The van der Waals surface area contributed by atoms with Crippen LogP contribution in [0.5, 0.6) is 11.6 Å². The van der Waals surface area contributed by atoms with Crippen LogP contribution >= 0.6 is 0 Å². The highest BCUT2D eigenvalue weighted by atomic mass is 16.5. The van der Waals surface area contributed by atoms with Crippen molar-refractivity contribution in [2.45, 2.75) is 27.3 Å². The molecular weight excluding hydrogens is 238 g/mol. The van der Waals surface area contributed by atoms with Gasteiger partial charge in [-0.25, -0.2) is 0 Å². The maximum absolute atomic E-state index is 5.68. The van der Waals surface area contributed by atoms with Crippen LogP contribution in [-0.2, 0) is 6.54 Å². The average Bonchev–Trinajstić information content (AvgIpc) is 2.42. The Bertz CT molecular complexity index is 538. The van der Waals surface area contributed by atoms with E-state index in [-0.39, 0.29) is 0 Å². The van der Waals surface area contributed by atoms with E-state index in [0.717, 1.165) is 24.5 Å². The van der Waals surface area contributed by atoms with E-state index in [2.05, 4.69) is 36.3 Å². The second-order valence-corrected chi connectivity index (χ2v) is 4.49. The molecule has 0 bridgehead atoms. The van der Waals surface area contributed by atoms with Gasteiger partial charge in [-0.2, -0.15) is 5.10 Å². The molecule has 1 aromatic heterocycles. The standard InChI is InChI=1S/C15H19N3O/c1-4-16-10-13-6-8-15(18-17-13)19-14-7-5-11(2)12(3)9-14/h5-9,16H,4,10H2,1-3H3. The van der Waals surface area contributed by atoms with Crippen LogP contribution in [0.15, 0.2) is 30.3 Å². The molecule has 0 amide bonds. The highest BCUT2D eigenvalue weighted by molar-refractivity contribution is 5.35. The maximum Gasteiger partial charge on any atom is 0.238 e. The molecule has 1 heterocycles. The van der Waals surface area contributed by atoms with Crippen LogP contribution in [0, 0.1) is 13.8 Å². The van der Waals surface area contributed by atoms with Gasteiger partial charge < -0.3 is 10.1 Å². The fourth-order valence-corrected chi connectivity index (χ4v) is 1.65. The lowest BCUT2D eigenvalue weighted by molar-refractivity contribution is 0.452. The summed E-state index contributed by atoms with van der Waals surface area (Å²) in [6, 6.07) is 9.75. The van der Waals surface area contributed by atoms with Crippen molar-refractivity contribution in [3.05, 3.63) is 47.2 Å². The fourth-order valence-electron chi connectivity index (χ4n) is 1.65. The number of aromatic nitrogens is 2. The highest BCUT2D eigenvalue weighted by Gasteiger charge is 2.02. The minimum Gasteiger partial charge on any atom is -0.438 e. The molecule has 0 fully saturated rings. The van der Waals surface area contributed by atoms with E-state index in [9.17, 15) is 0 Å². The summed E-state index contributed by atoms with van der Waals surface area (Å²) in [7, 11) is 0. The quantitative estimate of drug-likeness (QED) is 0.894. The van der Waals surface area contributed by atoms with Crippen molar-refractivity contribution in [1.82, 2.24) is 15.5 Å². The number of nitrogens with zero attached hydrogens (tertiary/aromatic N) is 2. The molecule has 0 saturated carbocycles. The SMILES string of the molecule is CCNCc1ccc(Oc2ccc(C)c(C)c2)nn1. The Morgan fingerprint density at radius 2 is 1.89 bits per heavy atom. The minimum atomic E-state index is 0.517. The summed E-state index contributed by atoms with van der Waals surface area (Å²) in [6.07, 6.45) is 0. The average molecular weight is 257 g/mol. The predicted molar refractivity (Wildman–Crippen MR) is 75.4 cm³/mol. The lowest BCUT2D eigenvalue weighted by atomic mass is 10.1. The Kier molecular flexibility index (Phi) is 4.47.